The lowest BCUT2D eigenvalue weighted by Gasteiger charge is -2.21. The summed E-state index contributed by atoms with van der Waals surface area (Å²) in [6.07, 6.45) is 3.22. The highest BCUT2D eigenvalue weighted by molar-refractivity contribution is 9.10. The second kappa shape index (κ2) is 4.19. The monoisotopic (exact) mass is 265 g/mol. The van der Waals surface area contributed by atoms with Crippen molar-refractivity contribution in [2.24, 2.45) is 0 Å². The van der Waals surface area contributed by atoms with Crippen LogP contribution in [0, 0.1) is 0 Å². The van der Waals surface area contributed by atoms with Crippen LogP contribution in [0.5, 0.6) is 0 Å². The first-order valence-electron chi connectivity index (χ1n) is 4.90. The fourth-order valence-electron chi connectivity index (χ4n) is 1.72. The van der Waals surface area contributed by atoms with E-state index in [1.807, 2.05) is 31.3 Å². The molecule has 1 aliphatic rings. The van der Waals surface area contributed by atoms with Crippen molar-refractivity contribution in [2.75, 3.05) is 11.9 Å². The first kappa shape index (κ1) is 10.4. The molecule has 2 nitrogen and oxygen atoms in total. The highest BCUT2D eigenvalue weighted by atomic mass is 79.9. The van der Waals surface area contributed by atoms with E-state index in [0.29, 0.717) is 6.42 Å². The summed E-state index contributed by atoms with van der Waals surface area (Å²) in [5, 5.41) is 0. The number of carbonyl (C=O) groups is 1. The van der Waals surface area contributed by atoms with Crippen LogP contribution in [0.4, 0.5) is 5.69 Å². The van der Waals surface area contributed by atoms with Crippen molar-refractivity contribution in [1.29, 1.82) is 0 Å². The van der Waals surface area contributed by atoms with E-state index < -0.39 is 0 Å². The van der Waals surface area contributed by atoms with Gasteiger partial charge >= 0.3 is 0 Å². The van der Waals surface area contributed by atoms with Gasteiger partial charge in [0, 0.05) is 29.7 Å². The van der Waals surface area contributed by atoms with Crippen molar-refractivity contribution >= 4 is 27.4 Å². The van der Waals surface area contributed by atoms with Crippen LogP contribution in [0.2, 0.25) is 0 Å². The topological polar surface area (TPSA) is 20.3 Å². The maximum absolute atomic E-state index is 11.2. The van der Waals surface area contributed by atoms with Gasteiger partial charge in [-0.15, -0.1) is 0 Å². The smallest absolute Gasteiger partial charge is 0.157 e. The molecule has 0 heterocycles. The Balaban J connectivity index is 2.29. The lowest BCUT2D eigenvalue weighted by Crippen LogP contribution is -2.15. The van der Waals surface area contributed by atoms with Gasteiger partial charge in [-0.2, -0.15) is 0 Å². The molecule has 0 fully saturated rings. The Bertz CT molecular complexity index is 425. The SMILES string of the molecule is CN(C1=CC(=O)CC1)c1ccccc1Br. The van der Waals surface area contributed by atoms with E-state index in [-0.39, 0.29) is 5.78 Å². The summed E-state index contributed by atoms with van der Waals surface area (Å²) in [6, 6.07) is 8.01. The Morgan fingerprint density at radius 3 is 2.60 bits per heavy atom. The predicted molar refractivity (Wildman–Crippen MR) is 64.9 cm³/mol. The molecular weight excluding hydrogens is 254 g/mol. The van der Waals surface area contributed by atoms with Gasteiger partial charge in [-0.1, -0.05) is 12.1 Å². The molecule has 3 heteroatoms. The molecule has 0 saturated carbocycles. The van der Waals surface area contributed by atoms with E-state index in [0.717, 1.165) is 22.3 Å². The molecular formula is C12H12BrNO. The Morgan fingerprint density at radius 2 is 2.00 bits per heavy atom. The third-order valence-electron chi connectivity index (χ3n) is 2.60. The van der Waals surface area contributed by atoms with Crippen molar-refractivity contribution in [3.8, 4) is 0 Å². The number of ketones is 1. The van der Waals surface area contributed by atoms with Gasteiger partial charge in [0.2, 0.25) is 0 Å². The number of hydrogen-bond acceptors (Lipinski definition) is 2. The Kier molecular flexibility index (Phi) is 2.91. The Labute approximate surface area is 97.7 Å². The fourth-order valence-corrected chi connectivity index (χ4v) is 2.28. The molecule has 1 aromatic rings. The average Bonchev–Trinajstić information content (AvgIpc) is 2.65. The summed E-state index contributed by atoms with van der Waals surface area (Å²) in [6.45, 7) is 0. The van der Waals surface area contributed by atoms with Crippen LogP contribution in [0.25, 0.3) is 0 Å². The zero-order chi connectivity index (χ0) is 10.8. The molecule has 15 heavy (non-hydrogen) atoms. The highest BCUT2D eigenvalue weighted by Gasteiger charge is 2.17. The second-order valence-corrected chi connectivity index (χ2v) is 4.47. The Hall–Kier alpha value is -1.09. The summed E-state index contributed by atoms with van der Waals surface area (Å²) >= 11 is 3.51. The summed E-state index contributed by atoms with van der Waals surface area (Å²) < 4.78 is 1.05. The summed E-state index contributed by atoms with van der Waals surface area (Å²) in [4.78, 5) is 13.2. The molecule has 0 amide bonds. The molecule has 0 atom stereocenters. The standard InChI is InChI=1S/C12H12BrNO/c1-14(9-6-7-10(15)8-9)12-5-3-2-4-11(12)13/h2-5,8H,6-7H2,1H3. The quantitative estimate of drug-likeness (QED) is 0.819. The molecule has 78 valence electrons. The number of halogens is 1. The zero-order valence-corrected chi connectivity index (χ0v) is 10.1. The van der Waals surface area contributed by atoms with E-state index in [2.05, 4.69) is 20.8 Å². The lowest BCUT2D eigenvalue weighted by atomic mass is 10.2. The minimum Gasteiger partial charge on any atom is -0.347 e. The van der Waals surface area contributed by atoms with E-state index in [4.69, 9.17) is 0 Å². The van der Waals surface area contributed by atoms with Crippen molar-refractivity contribution in [1.82, 2.24) is 0 Å². The summed E-state index contributed by atoms with van der Waals surface area (Å²) in [5.41, 5.74) is 2.19. The van der Waals surface area contributed by atoms with Crippen LogP contribution in [0.15, 0.2) is 40.5 Å². The van der Waals surface area contributed by atoms with Gasteiger partial charge in [0.25, 0.3) is 0 Å². The molecule has 0 aliphatic heterocycles. The van der Waals surface area contributed by atoms with E-state index in [1.165, 1.54) is 0 Å². The lowest BCUT2D eigenvalue weighted by molar-refractivity contribution is -0.114. The first-order valence-corrected chi connectivity index (χ1v) is 5.69. The molecule has 0 radical (unpaired) electrons. The van der Waals surface area contributed by atoms with Crippen molar-refractivity contribution in [3.63, 3.8) is 0 Å². The number of carbonyl (C=O) groups excluding carboxylic acids is 1. The van der Waals surface area contributed by atoms with Gasteiger partial charge in [0.1, 0.15) is 0 Å². The Morgan fingerprint density at radius 1 is 1.27 bits per heavy atom. The zero-order valence-electron chi connectivity index (χ0n) is 8.53. The van der Waals surface area contributed by atoms with Crippen molar-refractivity contribution in [3.05, 3.63) is 40.5 Å². The summed E-state index contributed by atoms with van der Waals surface area (Å²) in [5.74, 6) is 0.226. The van der Waals surface area contributed by atoms with Gasteiger partial charge < -0.3 is 4.90 Å². The number of nitrogens with zero attached hydrogens (tertiary/aromatic N) is 1. The second-order valence-electron chi connectivity index (χ2n) is 3.61. The first-order chi connectivity index (χ1) is 7.18. The van der Waals surface area contributed by atoms with Gasteiger partial charge in [-0.25, -0.2) is 0 Å². The van der Waals surface area contributed by atoms with Crippen LogP contribution in [-0.4, -0.2) is 12.8 Å². The number of para-hydroxylation sites is 1. The number of hydrogen-bond donors (Lipinski definition) is 0. The molecule has 0 aromatic heterocycles. The number of rotatable bonds is 2. The largest absolute Gasteiger partial charge is 0.347 e. The van der Waals surface area contributed by atoms with E-state index >= 15 is 0 Å². The third kappa shape index (κ3) is 2.12. The highest BCUT2D eigenvalue weighted by Crippen LogP contribution is 2.30. The van der Waals surface area contributed by atoms with Gasteiger partial charge in [0.15, 0.2) is 5.78 Å². The van der Waals surface area contributed by atoms with Crippen LogP contribution >= 0.6 is 15.9 Å². The normalized spacial score (nSPS) is 15.3. The van der Waals surface area contributed by atoms with Crippen molar-refractivity contribution < 1.29 is 4.79 Å². The summed E-state index contributed by atoms with van der Waals surface area (Å²) in [7, 11) is 1.99. The minimum atomic E-state index is 0.226. The van der Waals surface area contributed by atoms with Crippen LogP contribution in [0.3, 0.4) is 0 Å². The fraction of sp³-hybridized carbons (Fsp3) is 0.250. The van der Waals surface area contributed by atoms with Gasteiger partial charge in [0.05, 0.1) is 5.69 Å². The van der Waals surface area contributed by atoms with Gasteiger partial charge in [-0.05, 0) is 34.5 Å². The maximum atomic E-state index is 11.2. The average molecular weight is 266 g/mol. The molecule has 0 bridgehead atoms. The molecule has 1 aromatic carbocycles. The predicted octanol–water partition coefficient (Wildman–Crippen LogP) is 3.13. The van der Waals surface area contributed by atoms with E-state index in [9.17, 15) is 4.79 Å². The van der Waals surface area contributed by atoms with Crippen molar-refractivity contribution in [2.45, 2.75) is 12.8 Å². The van der Waals surface area contributed by atoms with Crippen LogP contribution < -0.4 is 4.90 Å². The molecule has 0 spiro atoms. The maximum Gasteiger partial charge on any atom is 0.157 e. The van der Waals surface area contributed by atoms with Crippen LogP contribution in [-0.2, 0) is 4.79 Å². The van der Waals surface area contributed by atoms with E-state index in [1.54, 1.807) is 6.08 Å². The minimum absolute atomic E-state index is 0.226. The molecule has 0 N–H and O–H groups in total. The van der Waals surface area contributed by atoms with Crippen LogP contribution in [0.1, 0.15) is 12.8 Å². The molecule has 2 rings (SSSR count). The van der Waals surface area contributed by atoms with Gasteiger partial charge in [-0.3, -0.25) is 4.79 Å². The molecule has 0 unspecified atom stereocenters. The number of anilines is 1. The number of benzene rings is 1. The molecule has 1 aliphatic carbocycles. The number of allylic oxidation sites excluding steroid dienone is 2. The third-order valence-corrected chi connectivity index (χ3v) is 3.27. The molecule has 0 saturated heterocycles.